The Labute approximate surface area is 124 Å². The number of rotatable bonds is 6. The van der Waals surface area contributed by atoms with E-state index in [0.717, 1.165) is 29.6 Å². The molecule has 0 saturated carbocycles. The summed E-state index contributed by atoms with van der Waals surface area (Å²) in [5, 5.41) is 10.8. The summed E-state index contributed by atoms with van der Waals surface area (Å²) in [6.45, 7) is 5.78. The van der Waals surface area contributed by atoms with Gasteiger partial charge in [-0.3, -0.25) is 0 Å². The largest absolute Gasteiger partial charge is 0.383 e. The van der Waals surface area contributed by atoms with Gasteiger partial charge in [-0.25, -0.2) is 0 Å². The van der Waals surface area contributed by atoms with Gasteiger partial charge in [0.05, 0.1) is 6.61 Å². The van der Waals surface area contributed by atoms with Crippen molar-refractivity contribution in [3.05, 3.63) is 29.4 Å². The molecular weight excluding hydrogens is 274 g/mol. The second-order valence-corrected chi connectivity index (χ2v) is 5.16. The van der Waals surface area contributed by atoms with Crippen LogP contribution < -0.4 is 4.90 Å². The molecule has 1 atom stereocenters. The molecule has 0 spiro atoms. The number of aromatic nitrogens is 2. The van der Waals surface area contributed by atoms with Crippen molar-refractivity contribution >= 4 is 28.2 Å². The Kier molecular flexibility index (Phi) is 5.15. The fraction of sp³-hybridized carbons (Fsp3) is 0.467. The van der Waals surface area contributed by atoms with E-state index < -0.39 is 0 Å². The van der Waals surface area contributed by atoms with E-state index in [1.165, 1.54) is 0 Å². The van der Waals surface area contributed by atoms with Gasteiger partial charge in [0, 0.05) is 30.5 Å². The van der Waals surface area contributed by atoms with Crippen molar-refractivity contribution in [2.45, 2.75) is 26.3 Å². The zero-order chi connectivity index (χ0) is 14.5. The van der Waals surface area contributed by atoms with Crippen molar-refractivity contribution in [2.75, 3.05) is 25.2 Å². The van der Waals surface area contributed by atoms with E-state index in [4.69, 9.17) is 16.3 Å². The smallest absolute Gasteiger partial charge is 0.159 e. The van der Waals surface area contributed by atoms with Gasteiger partial charge in [0.2, 0.25) is 0 Å². The predicted molar refractivity (Wildman–Crippen MR) is 83.5 cm³/mol. The van der Waals surface area contributed by atoms with Gasteiger partial charge in [0.1, 0.15) is 0 Å². The first-order valence-corrected chi connectivity index (χ1v) is 7.23. The van der Waals surface area contributed by atoms with E-state index in [2.05, 4.69) is 28.9 Å². The van der Waals surface area contributed by atoms with Crippen molar-refractivity contribution in [3.63, 3.8) is 0 Å². The number of benzene rings is 1. The van der Waals surface area contributed by atoms with Crippen LogP contribution in [0.4, 0.5) is 5.82 Å². The fourth-order valence-corrected chi connectivity index (χ4v) is 2.42. The van der Waals surface area contributed by atoms with Gasteiger partial charge in [-0.1, -0.05) is 42.8 Å². The molecule has 0 radical (unpaired) electrons. The van der Waals surface area contributed by atoms with Crippen LogP contribution in [-0.2, 0) is 4.74 Å². The lowest BCUT2D eigenvalue weighted by Crippen LogP contribution is -2.36. The highest BCUT2D eigenvalue weighted by molar-refractivity contribution is 6.34. The molecule has 108 valence electrons. The molecule has 1 aromatic heterocycles. The molecule has 0 aliphatic heterocycles. The Hall–Kier alpha value is -1.39. The van der Waals surface area contributed by atoms with Crippen LogP contribution in [0.15, 0.2) is 24.3 Å². The molecule has 1 heterocycles. The average Bonchev–Trinajstić information content (AvgIpc) is 2.49. The van der Waals surface area contributed by atoms with Crippen LogP contribution in [0.3, 0.4) is 0 Å². The molecular formula is C15H20ClN3O. The van der Waals surface area contributed by atoms with Crippen LogP contribution in [0, 0.1) is 0 Å². The Morgan fingerprint density at radius 1 is 1.25 bits per heavy atom. The molecule has 2 aromatic rings. The van der Waals surface area contributed by atoms with Crippen LogP contribution in [0.1, 0.15) is 20.3 Å². The number of methoxy groups -OCH3 is 1. The van der Waals surface area contributed by atoms with E-state index in [-0.39, 0.29) is 0 Å². The van der Waals surface area contributed by atoms with E-state index >= 15 is 0 Å². The van der Waals surface area contributed by atoms with E-state index in [1.807, 2.05) is 24.3 Å². The van der Waals surface area contributed by atoms with Gasteiger partial charge < -0.3 is 9.64 Å². The highest BCUT2D eigenvalue weighted by Crippen LogP contribution is 2.29. The molecule has 0 fully saturated rings. The molecule has 0 saturated heterocycles. The molecule has 0 bridgehead atoms. The van der Waals surface area contributed by atoms with Crippen molar-refractivity contribution in [2.24, 2.45) is 0 Å². The third-order valence-electron chi connectivity index (χ3n) is 3.55. The molecule has 1 aromatic carbocycles. The van der Waals surface area contributed by atoms with Crippen LogP contribution >= 0.6 is 11.6 Å². The van der Waals surface area contributed by atoms with Gasteiger partial charge >= 0.3 is 0 Å². The minimum atomic E-state index is 0.365. The summed E-state index contributed by atoms with van der Waals surface area (Å²) in [6, 6.07) is 8.33. The van der Waals surface area contributed by atoms with Crippen LogP contribution in [-0.4, -0.2) is 36.5 Å². The number of anilines is 1. The van der Waals surface area contributed by atoms with Crippen molar-refractivity contribution < 1.29 is 4.74 Å². The van der Waals surface area contributed by atoms with Gasteiger partial charge in [-0.15, -0.1) is 10.2 Å². The van der Waals surface area contributed by atoms with Gasteiger partial charge in [0.25, 0.3) is 0 Å². The maximum Gasteiger partial charge on any atom is 0.159 e. The van der Waals surface area contributed by atoms with Crippen LogP contribution in [0.2, 0.25) is 5.15 Å². The quantitative estimate of drug-likeness (QED) is 0.816. The molecule has 0 N–H and O–H groups in total. The van der Waals surface area contributed by atoms with Gasteiger partial charge in [0.15, 0.2) is 11.0 Å². The van der Waals surface area contributed by atoms with Gasteiger partial charge in [-0.2, -0.15) is 0 Å². The number of nitrogens with zero attached hydrogens (tertiary/aromatic N) is 3. The molecule has 1 unspecified atom stereocenters. The lowest BCUT2D eigenvalue weighted by molar-refractivity contribution is 0.203. The average molecular weight is 294 g/mol. The number of fused-ring (bicyclic) bond motifs is 1. The minimum absolute atomic E-state index is 0.365. The lowest BCUT2D eigenvalue weighted by atomic mass is 10.1. The van der Waals surface area contributed by atoms with E-state index in [1.54, 1.807) is 7.11 Å². The Bertz CT molecular complexity index is 576. The number of halogens is 1. The maximum absolute atomic E-state index is 6.13. The standard InChI is InChI=1S/C15H20ClN3O/c1-4-11(2)19(9-10-20-3)15-13-8-6-5-7-12(13)14(16)17-18-15/h5-8,11H,4,9-10H2,1-3H3. The number of hydrogen-bond acceptors (Lipinski definition) is 4. The Balaban J connectivity index is 2.50. The molecule has 0 aliphatic rings. The topological polar surface area (TPSA) is 38.2 Å². The van der Waals surface area contributed by atoms with E-state index in [9.17, 15) is 0 Å². The predicted octanol–water partition coefficient (Wildman–Crippen LogP) is 3.53. The minimum Gasteiger partial charge on any atom is -0.383 e. The molecule has 0 amide bonds. The first-order valence-electron chi connectivity index (χ1n) is 6.85. The lowest BCUT2D eigenvalue weighted by Gasteiger charge is -2.30. The molecule has 5 heteroatoms. The Morgan fingerprint density at radius 2 is 1.95 bits per heavy atom. The number of hydrogen-bond donors (Lipinski definition) is 0. The first kappa shape index (κ1) is 15.0. The molecule has 4 nitrogen and oxygen atoms in total. The Morgan fingerprint density at radius 3 is 2.60 bits per heavy atom. The van der Waals surface area contributed by atoms with E-state index in [0.29, 0.717) is 17.8 Å². The third kappa shape index (κ3) is 3.02. The molecule has 20 heavy (non-hydrogen) atoms. The summed E-state index contributed by atoms with van der Waals surface area (Å²) in [5.74, 6) is 0.872. The monoisotopic (exact) mass is 293 g/mol. The number of ether oxygens (including phenoxy) is 1. The second-order valence-electron chi connectivity index (χ2n) is 4.80. The second kappa shape index (κ2) is 6.86. The van der Waals surface area contributed by atoms with Gasteiger partial charge in [-0.05, 0) is 13.3 Å². The third-order valence-corrected chi connectivity index (χ3v) is 3.83. The van der Waals surface area contributed by atoms with Crippen molar-refractivity contribution in [3.8, 4) is 0 Å². The van der Waals surface area contributed by atoms with Crippen molar-refractivity contribution in [1.82, 2.24) is 10.2 Å². The maximum atomic E-state index is 6.13. The highest BCUT2D eigenvalue weighted by atomic mass is 35.5. The normalized spacial score (nSPS) is 12.6. The molecule has 2 rings (SSSR count). The summed E-state index contributed by atoms with van der Waals surface area (Å²) in [4.78, 5) is 2.23. The van der Waals surface area contributed by atoms with Crippen LogP contribution in [0.25, 0.3) is 10.8 Å². The zero-order valence-electron chi connectivity index (χ0n) is 12.1. The highest BCUT2D eigenvalue weighted by Gasteiger charge is 2.18. The fourth-order valence-electron chi connectivity index (χ4n) is 2.21. The van der Waals surface area contributed by atoms with Crippen LogP contribution in [0.5, 0.6) is 0 Å². The SMILES string of the molecule is CCC(C)N(CCOC)c1nnc(Cl)c2ccccc12. The summed E-state index contributed by atoms with van der Waals surface area (Å²) < 4.78 is 5.21. The summed E-state index contributed by atoms with van der Waals surface area (Å²) >= 11 is 6.13. The zero-order valence-corrected chi connectivity index (χ0v) is 12.9. The summed E-state index contributed by atoms with van der Waals surface area (Å²) in [7, 11) is 1.71. The molecule has 0 aliphatic carbocycles. The summed E-state index contributed by atoms with van der Waals surface area (Å²) in [6.07, 6.45) is 1.03. The first-order chi connectivity index (χ1) is 9.69. The summed E-state index contributed by atoms with van der Waals surface area (Å²) in [5.41, 5.74) is 0. The van der Waals surface area contributed by atoms with Crippen molar-refractivity contribution in [1.29, 1.82) is 0 Å².